The quantitative estimate of drug-likeness (QED) is 0.252. The molecule has 40 heavy (non-hydrogen) atoms. The molecule has 0 amide bonds. The Morgan fingerprint density at radius 2 is 1.62 bits per heavy atom. The molecule has 1 unspecified atom stereocenters. The molecule has 1 heterocycles. The van der Waals surface area contributed by atoms with Gasteiger partial charge >= 0.3 is 21.8 Å². The van der Waals surface area contributed by atoms with E-state index in [4.69, 9.17) is 0 Å². The summed E-state index contributed by atoms with van der Waals surface area (Å²) in [6.45, 7) is -0.649. The fourth-order valence-corrected chi connectivity index (χ4v) is 4.81. The van der Waals surface area contributed by atoms with Crippen LogP contribution in [0.1, 0.15) is 28.7 Å². The van der Waals surface area contributed by atoms with Crippen LogP contribution in [0.4, 0.5) is 35.1 Å². The molecule has 0 saturated heterocycles. The lowest BCUT2D eigenvalue weighted by Gasteiger charge is -2.20. The maximum atomic E-state index is 14.4. The van der Waals surface area contributed by atoms with Gasteiger partial charge in [0.15, 0.2) is 5.20 Å². The second-order valence-electron chi connectivity index (χ2n) is 8.88. The molecule has 4 rings (SSSR count). The number of hydrogen-bond donors (Lipinski definition) is 0. The Hall–Kier alpha value is -4.18. The lowest BCUT2D eigenvalue weighted by atomic mass is 9.91. The topological polar surface area (TPSA) is 62.9 Å². The van der Waals surface area contributed by atoms with E-state index in [0.29, 0.717) is 12.1 Å². The standard InChI is InChI=1S/C27H15F8N2O2Si/c28-19-6-5-16(23(29)10-19)13-37-24(11-22(27(33,34)35)21(12-36)25(37)38)15-3-1-14(2-4-15)17-7-18(26(30,31)32)9-20(8-17)40-39/h1-8,10-11,18H,9,13H2/q+1. The molecule has 1 aromatic heterocycles. The van der Waals surface area contributed by atoms with E-state index < -0.39 is 69.0 Å². The van der Waals surface area contributed by atoms with Gasteiger partial charge in [-0.15, -0.1) is 0 Å². The highest BCUT2D eigenvalue weighted by Crippen LogP contribution is 2.39. The molecule has 4 nitrogen and oxygen atoms in total. The number of rotatable bonds is 5. The molecule has 2 aromatic carbocycles. The van der Waals surface area contributed by atoms with Gasteiger partial charge in [0.05, 0.1) is 23.7 Å². The van der Waals surface area contributed by atoms with Crippen LogP contribution >= 0.6 is 0 Å². The largest absolute Gasteiger partial charge is 0.780 e. The van der Waals surface area contributed by atoms with Crippen LogP contribution in [0, 0.1) is 28.9 Å². The summed E-state index contributed by atoms with van der Waals surface area (Å²) in [6.07, 6.45) is -7.87. The number of allylic oxidation sites excluding steroid dienone is 4. The van der Waals surface area contributed by atoms with Gasteiger partial charge in [-0.05, 0) is 34.9 Å². The number of nitriles is 1. The van der Waals surface area contributed by atoms with Gasteiger partial charge in [0.25, 0.3) is 5.56 Å². The van der Waals surface area contributed by atoms with Crippen molar-refractivity contribution in [2.24, 2.45) is 5.92 Å². The van der Waals surface area contributed by atoms with Crippen molar-refractivity contribution in [3.63, 3.8) is 0 Å². The average molecular weight is 579 g/mol. The van der Waals surface area contributed by atoms with Gasteiger partial charge in [0.1, 0.15) is 23.3 Å². The molecule has 1 aliphatic carbocycles. The number of aromatic nitrogens is 1. The summed E-state index contributed by atoms with van der Waals surface area (Å²) in [5.41, 5.74) is -4.40. The first kappa shape index (κ1) is 28.8. The van der Waals surface area contributed by atoms with Crippen molar-refractivity contribution >= 4 is 15.0 Å². The van der Waals surface area contributed by atoms with Gasteiger partial charge in [0, 0.05) is 18.1 Å². The maximum absolute atomic E-state index is 14.4. The van der Waals surface area contributed by atoms with Crippen LogP contribution in [0.15, 0.2) is 70.7 Å². The molecule has 0 N–H and O–H groups in total. The molecule has 1 atom stereocenters. The smallest absolute Gasteiger partial charge is 0.303 e. The minimum Gasteiger partial charge on any atom is -0.303 e. The number of nitrogens with zero attached hydrogens (tertiary/aromatic N) is 2. The van der Waals surface area contributed by atoms with Crippen LogP contribution in [-0.4, -0.2) is 20.1 Å². The Morgan fingerprint density at radius 1 is 0.975 bits per heavy atom. The Morgan fingerprint density at radius 3 is 2.17 bits per heavy atom. The summed E-state index contributed by atoms with van der Waals surface area (Å²) in [5, 5.41) is 9.36. The maximum Gasteiger partial charge on any atom is 0.780 e. The Labute approximate surface area is 223 Å². The fraction of sp³-hybridized carbons (Fsp3) is 0.185. The van der Waals surface area contributed by atoms with Crippen LogP contribution < -0.4 is 5.56 Å². The molecular weight excluding hydrogens is 564 g/mol. The normalized spacial score (nSPS) is 15.6. The van der Waals surface area contributed by atoms with Gasteiger partial charge in [-0.3, -0.25) is 4.79 Å². The van der Waals surface area contributed by atoms with E-state index in [0.717, 1.165) is 22.8 Å². The molecule has 0 saturated carbocycles. The van der Waals surface area contributed by atoms with Crippen molar-refractivity contribution < 1.29 is 39.6 Å². The molecular formula is C27H15F8N2O2Si+. The molecule has 13 heteroatoms. The van der Waals surface area contributed by atoms with Crippen LogP contribution in [0.5, 0.6) is 0 Å². The summed E-state index contributed by atoms with van der Waals surface area (Å²) in [4.78, 5) is 13.0. The van der Waals surface area contributed by atoms with Crippen LogP contribution in [0.3, 0.4) is 0 Å². The lowest BCUT2D eigenvalue weighted by Crippen LogP contribution is -2.29. The summed E-state index contributed by atoms with van der Waals surface area (Å²) in [7, 11) is -1.10. The SMILES string of the molecule is N#Cc1c(C(F)(F)F)cc(-c2ccc(C3=CC(C(F)(F)F)CC([Si+]=O)=C3)cc2)n(Cc2ccc(F)cc2F)c1=O. The third-order valence-electron chi connectivity index (χ3n) is 6.28. The van der Waals surface area contributed by atoms with Crippen molar-refractivity contribution in [2.45, 2.75) is 25.3 Å². The van der Waals surface area contributed by atoms with Crippen molar-refractivity contribution in [2.75, 3.05) is 0 Å². The second-order valence-corrected chi connectivity index (χ2v) is 9.72. The van der Waals surface area contributed by atoms with E-state index in [1.54, 1.807) is 0 Å². The van der Waals surface area contributed by atoms with Crippen LogP contribution in [0.2, 0.25) is 0 Å². The third kappa shape index (κ3) is 5.86. The highest BCUT2D eigenvalue weighted by Gasteiger charge is 2.42. The van der Waals surface area contributed by atoms with Gasteiger partial charge < -0.3 is 4.57 Å². The minimum absolute atomic E-state index is 0.00274. The van der Waals surface area contributed by atoms with Crippen molar-refractivity contribution in [3.8, 4) is 17.3 Å². The number of alkyl halides is 6. The zero-order valence-electron chi connectivity index (χ0n) is 20.0. The Balaban J connectivity index is 1.87. The third-order valence-corrected chi connectivity index (χ3v) is 6.89. The van der Waals surface area contributed by atoms with Gasteiger partial charge in [-0.2, -0.15) is 31.6 Å². The van der Waals surface area contributed by atoms with E-state index in [1.807, 2.05) is 0 Å². The van der Waals surface area contributed by atoms with E-state index >= 15 is 0 Å². The van der Waals surface area contributed by atoms with Crippen molar-refractivity contribution in [1.29, 1.82) is 5.26 Å². The predicted octanol–water partition coefficient (Wildman–Crippen LogP) is 6.63. The Bertz CT molecular complexity index is 1650. The van der Waals surface area contributed by atoms with E-state index in [-0.39, 0.29) is 33.2 Å². The average Bonchev–Trinajstić information content (AvgIpc) is 2.89. The molecule has 0 fully saturated rings. The summed E-state index contributed by atoms with van der Waals surface area (Å²) in [6, 6.07) is 9.32. The molecule has 1 aliphatic rings. The molecule has 0 radical (unpaired) electrons. The van der Waals surface area contributed by atoms with E-state index in [1.165, 1.54) is 36.4 Å². The Kier molecular flexibility index (Phi) is 7.75. The van der Waals surface area contributed by atoms with Crippen molar-refractivity contribution in [1.82, 2.24) is 4.57 Å². The predicted molar refractivity (Wildman–Crippen MR) is 128 cm³/mol. The van der Waals surface area contributed by atoms with Crippen LogP contribution in [-0.2, 0) is 17.2 Å². The second kappa shape index (κ2) is 10.8. The number of halogens is 8. The summed E-state index contributed by atoms with van der Waals surface area (Å²) in [5.74, 6) is -3.88. The van der Waals surface area contributed by atoms with E-state index in [9.17, 15) is 49.6 Å². The molecule has 204 valence electrons. The summed E-state index contributed by atoms with van der Waals surface area (Å²) >= 11 is 0. The highest BCUT2D eigenvalue weighted by molar-refractivity contribution is 6.29. The fourth-order valence-electron chi connectivity index (χ4n) is 4.30. The molecule has 0 bridgehead atoms. The lowest BCUT2D eigenvalue weighted by molar-refractivity contribution is -0.160. The number of benzene rings is 2. The highest BCUT2D eigenvalue weighted by atomic mass is 28.2. The molecule has 3 aromatic rings. The van der Waals surface area contributed by atoms with Gasteiger partial charge in [-0.1, -0.05) is 40.9 Å². The van der Waals surface area contributed by atoms with Gasteiger partial charge in [0.2, 0.25) is 0 Å². The minimum atomic E-state index is -5.10. The number of pyridine rings is 1. The first-order valence-electron chi connectivity index (χ1n) is 11.4. The van der Waals surface area contributed by atoms with Gasteiger partial charge in [-0.25, -0.2) is 8.78 Å². The molecule has 0 aliphatic heterocycles. The zero-order valence-corrected chi connectivity index (χ0v) is 21.0. The van der Waals surface area contributed by atoms with Crippen LogP contribution in [0.25, 0.3) is 16.8 Å². The first-order chi connectivity index (χ1) is 18.7. The summed E-state index contributed by atoms with van der Waals surface area (Å²) < 4.78 is 121. The zero-order chi connectivity index (χ0) is 29.4. The van der Waals surface area contributed by atoms with Crippen molar-refractivity contribution in [3.05, 3.63) is 110 Å². The first-order valence-corrected chi connectivity index (χ1v) is 12.3. The number of hydrogen-bond acceptors (Lipinski definition) is 3. The molecule has 0 spiro atoms. The van der Waals surface area contributed by atoms with E-state index in [2.05, 4.69) is 0 Å². The monoisotopic (exact) mass is 579 g/mol.